The van der Waals surface area contributed by atoms with E-state index in [1.165, 1.54) is 12.5 Å². The first-order valence-corrected chi connectivity index (χ1v) is 8.07. The largest absolute Gasteiger partial charge is 0.315 e. The summed E-state index contributed by atoms with van der Waals surface area (Å²) in [6.07, 6.45) is 0.276. The molecular formula is C20H24N2O2. The molecule has 0 N–H and O–H groups in total. The molecule has 0 bridgehead atoms. The van der Waals surface area contributed by atoms with E-state index in [-0.39, 0.29) is 18.2 Å². The molecule has 2 aromatic rings. The highest BCUT2D eigenvalue weighted by molar-refractivity contribution is 5.95. The quantitative estimate of drug-likeness (QED) is 0.841. The third kappa shape index (κ3) is 4.22. The van der Waals surface area contributed by atoms with E-state index in [9.17, 15) is 9.59 Å². The van der Waals surface area contributed by atoms with Gasteiger partial charge in [-0.15, -0.1) is 0 Å². The van der Waals surface area contributed by atoms with Crippen molar-refractivity contribution >= 4 is 23.2 Å². The zero-order chi connectivity index (χ0) is 17.7. The molecular weight excluding hydrogens is 300 g/mol. The van der Waals surface area contributed by atoms with E-state index in [1.807, 2.05) is 62.4 Å². The average molecular weight is 324 g/mol. The fourth-order valence-electron chi connectivity index (χ4n) is 2.53. The van der Waals surface area contributed by atoms with Crippen molar-refractivity contribution in [3.8, 4) is 0 Å². The number of aryl methyl sites for hydroxylation is 2. The summed E-state index contributed by atoms with van der Waals surface area (Å²) in [5, 5.41) is 0. The number of carbonyl (C=O) groups excluding carboxylic acids is 2. The zero-order valence-electron chi connectivity index (χ0n) is 14.7. The van der Waals surface area contributed by atoms with Crippen molar-refractivity contribution in [2.75, 3.05) is 23.4 Å². The molecule has 24 heavy (non-hydrogen) atoms. The van der Waals surface area contributed by atoms with Crippen LogP contribution in [0.15, 0.2) is 48.5 Å². The van der Waals surface area contributed by atoms with Gasteiger partial charge < -0.3 is 9.80 Å². The van der Waals surface area contributed by atoms with E-state index < -0.39 is 0 Å². The minimum Gasteiger partial charge on any atom is -0.315 e. The van der Waals surface area contributed by atoms with Gasteiger partial charge in [-0.3, -0.25) is 9.59 Å². The Morgan fingerprint density at radius 2 is 1.58 bits per heavy atom. The molecule has 0 aliphatic heterocycles. The molecule has 0 unspecified atom stereocenters. The summed E-state index contributed by atoms with van der Waals surface area (Å²) in [5.41, 5.74) is 4.00. The van der Waals surface area contributed by atoms with Gasteiger partial charge in [-0.25, -0.2) is 0 Å². The van der Waals surface area contributed by atoms with Gasteiger partial charge in [-0.1, -0.05) is 24.3 Å². The fourth-order valence-corrected chi connectivity index (χ4v) is 2.53. The number of para-hydroxylation sites is 1. The van der Waals surface area contributed by atoms with Gasteiger partial charge in [-0.2, -0.15) is 0 Å². The molecule has 126 valence electrons. The van der Waals surface area contributed by atoms with Crippen LogP contribution < -0.4 is 9.80 Å². The number of rotatable bonds is 5. The van der Waals surface area contributed by atoms with E-state index in [0.717, 1.165) is 16.9 Å². The topological polar surface area (TPSA) is 40.6 Å². The number of nitrogens with zero attached hydrogens (tertiary/aromatic N) is 2. The van der Waals surface area contributed by atoms with Crippen LogP contribution in [0.2, 0.25) is 0 Å². The van der Waals surface area contributed by atoms with E-state index in [0.29, 0.717) is 6.54 Å². The molecule has 0 heterocycles. The number of carbonyl (C=O) groups is 2. The highest BCUT2D eigenvalue weighted by Crippen LogP contribution is 2.20. The van der Waals surface area contributed by atoms with Crippen molar-refractivity contribution in [2.45, 2.75) is 27.2 Å². The molecule has 0 radical (unpaired) electrons. The first-order valence-electron chi connectivity index (χ1n) is 8.07. The third-order valence-corrected chi connectivity index (χ3v) is 4.25. The van der Waals surface area contributed by atoms with Crippen molar-refractivity contribution in [2.24, 2.45) is 0 Å². The minimum absolute atomic E-state index is 0.0173. The Labute approximate surface area is 143 Å². The summed E-state index contributed by atoms with van der Waals surface area (Å²) in [6.45, 7) is 5.95. The third-order valence-electron chi connectivity index (χ3n) is 4.25. The normalized spacial score (nSPS) is 10.3. The summed E-state index contributed by atoms with van der Waals surface area (Å²) in [5.74, 6) is -0.0790. The van der Waals surface area contributed by atoms with Gasteiger partial charge in [0.1, 0.15) is 0 Å². The monoisotopic (exact) mass is 324 g/mol. The SMILES string of the molecule is CC(=O)N(CCC(=O)N(C)c1ccccc1)c1ccc(C)c(C)c1. The maximum absolute atomic E-state index is 12.4. The van der Waals surface area contributed by atoms with E-state index in [4.69, 9.17) is 0 Å². The second kappa shape index (κ2) is 7.77. The molecule has 4 nitrogen and oxygen atoms in total. The number of amides is 2. The number of anilines is 2. The van der Waals surface area contributed by atoms with E-state index in [1.54, 1.807) is 16.8 Å². The molecule has 2 amide bonds. The standard InChI is InChI=1S/C20H24N2O2/c1-15-10-11-19(14-16(15)2)22(17(3)23)13-12-20(24)21(4)18-8-6-5-7-9-18/h5-11,14H,12-13H2,1-4H3. The lowest BCUT2D eigenvalue weighted by Crippen LogP contribution is -2.34. The van der Waals surface area contributed by atoms with Crippen LogP contribution in [0.25, 0.3) is 0 Å². The Bertz CT molecular complexity index is 726. The maximum Gasteiger partial charge on any atom is 0.228 e. The summed E-state index contributed by atoms with van der Waals surface area (Å²) in [6, 6.07) is 15.4. The Morgan fingerprint density at radius 3 is 2.17 bits per heavy atom. The van der Waals surface area contributed by atoms with Gasteiger partial charge in [0, 0.05) is 38.3 Å². The molecule has 0 aliphatic rings. The highest BCUT2D eigenvalue weighted by Gasteiger charge is 2.16. The van der Waals surface area contributed by atoms with Gasteiger partial charge in [0.05, 0.1) is 0 Å². The molecule has 0 saturated carbocycles. The summed E-state index contributed by atoms with van der Waals surface area (Å²) < 4.78 is 0. The molecule has 0 aliphatic carbocycles. The molecule has 0 saturated heterocycles. The van der Waals surface area contributed by atoms with Crippen LogP contribution in [0.3, 0.4) is 0 Å². The van der Waals surface area contributed by atoms with Crippen molar-refractivity contribution < 1.29 is 9.59 Å². The Hall–Kier alpha value is -2.62. The first kappa shape index (κ1) is 17.7. The summed E-state index contributed by atoms with van der Waals surface area (Å²) in [7, 11) is 1.76. The fraction of sp³-hybridized carbons (Fsp3) is 0.300. The number of hydrogen-bond acceptors (Lipinski definition) is 2. The Balaban J connectivity index is 2.07. The Morgan fingerprint density at radius 1 is 0.917 bits per heavy atom. The second-order valence-electron chi connectivity index (χ2n) is 5.98. The predicted octanol–water partition coefficient (Wildman–Crippen LogP) is 3.71. The molecule has 0 fully saturated rings. The lowest BCUT2D eigenvalue weighted by Gasteiger charge is -2.24. The van der Waals surface area contributed by atoms with Gasteiger partial charge in [0.15, 0.2) is 0 Å². The van der Waals surface area contributed by atoms with E-state index in [2.05, 4.69) is 0 Å². The van der Waals surface area contributed by atoms with Crippen LogP contribution in [-0.2, 0) is 9.59 Å². The van der Waals surface area contributed by atoms with Crippen LogP contribution >= 0.6 is 0 Å². The number of hydrogen-bond donors (Lipinski definition) is 0. The first-order chi connectivity index (χ1) is 11.4. The summed E-state index contributed by atoms with van der Waals surface area (Å²) >= 11 is 0. The number of benzene rings is 2. The van der Waals surface area contributed by atoms with Crippen molar-refractivity contribution in [1.82, 2.24) is 0 Å². The minimum atomic E-state index is -0.0617. The van der Waals surface area contributed by atoms with Crippen LogP contribution in [0.5, 0.6) is 0 Å². The highest BCUT2D eigenvalue weighted by atomic mass is 16.2. The van der Waals surface area contributed by atoms with E-state index >= 15 is 0 Å². The molecule has 0 aromatic heterocycles. The van der Waals surface area contributed by atoms with Crippen molar-refractivity contribution in [3.05, 3.63) is 59.7 Å². The molecule has 0 spiro atoms. The van der Waals surface area contributed by atoms with Gasteiger partial charge >= 0.3 is 0 Å². The van der Waals surface area contributed by atoms with Crippen LogP contribution in [0, 0.1) is 13.8 Å². The zero-order valence-corrected chi connectivity index (χ0v) is 14.7. The average Bonchev–Trinajstić information content (AvgIpc) is 2.57. The van der Waals surface area contributed by atoms with Gasteiger partial charge in [-0.05, 0) is 49.2 Å². The molecule has 2 rings (SSSR count). The smallest absolute Gasteiger partial charge is 0.228 e. The summed E-state index contributed by atoms with van der Waals surface area (Å²) in [4.78, 5) is 27.7. The van der Waals surface area contributed by atoms with Crippen molar-refractivity contribution in [3.63, 3.8) is 0 Å². The second-order valence-corrected chi connectivity index (χ2v) is 5.98. The Kier molecular flexibility index (Phi) is 5.74. The maximum atomic E-state index is 12.4. The predicted molar refractivity (Wildman–Crippen MR) is 98.4 cm³/mol. The van der Waals surface area contributed by atoms with Gasteiger partial charge in [0.2, 0.25) is 11.8 Å². The lowest BCUT2D eigenvalue weighted by molar-refractivity contribution is -0.118. The van der Waals surface area contributed by atoms with Crippen molar-refractivity contribution in [1.29, 1.82) is 0 Å². The van der Waals surface area contributed by atoms with Crippen LogP contribution in [0.4, 0.5) is 11.4 Å². The van der Waals surface area contributed by atoms with Crippen LogP contribution in [-0.4, -0.2) is 25.4 Å². The molecule has 4 heteroatoms. The van der Waals surface area contributed by atoms with Gasteiger partial charge in [0.25, 0.3) is 0 Å². The van der Waals surface area contributed by atoms with Crippen LogP contribution in [0.1, 0.15) is 24.5 Å². The molecule has 2 aromatic carbocycles. The lowest BCUT2D eigenvalue weighted by atomic mass is 10.1. The molecule has 0 atom stereocenters.